The van der Waals surface area contributed by atoms with E-state index in [9.17, 15) is 0 Å². The van der Waals surface area contributed by atoms with Gasteiger partial charge in [0.2, 0.25) is 0 Å². The molecule has 2 aliphatic rings. The summed E-state index contributed by atoms with van der Waals surface area (Å²) in [5.74, 6) is 1.54. The van der Waals surface area contributed by atoms with Gasteiger partial charge < -0.3 is 14.8 Å². The molecule has 0 spiro atoms. The molecule has 1 N–H and O–H groups in total. The normalized spacial score (nSPS) is 29.8. The van der Waals surface area contributed by atoms with E-state index in [1.807, 2.05) is 6.07 Å². The van der Waals surface area contributed by atoms with Crippen molar-refractivity contribution in [2.24, 2.45) is 5.92 Å². The van der Waals surface area contributed by atoms with E-state index in [1.54, 1.807) is 7.11 Å². The molecule has 1 fully saturated rings. The van der Waals surface area contributed by atoms with Crippen molar-refractivity contribution in [1.82, 2.24) is 5.32 Å². The zero-order valence-electron chi connectivity index (χ0n) is 12.0. The van der Waals surface area contributed by atoms with Gasteiger partial charge in [-0.2, -0.15) is 0 Å². The highest BCUT2D eigenvalue weighted by Crippen LogP contribution is 2.37. The molecule has 1 aliphatic carbocycles. The van der Waals surface area contributed by atoms with Gasteiger partial charge in [-0.1, -0.05) is 19.9 Å². The molecule has 1 aromatic carbocycles. The average Bonchev–Trinajstić information content (AvgIpc) is 2.45. The maximum atomic E-state index is 6.16. The van der Waals surface area contributed by atoms with Crippen LogP contribution in [0.1, 0.15) is 37.5 Å². The molecule has 0 bridgehead atoms. The van der Waals surface area contributed by atoms with E-state index in [0.29, 0.717) is 18.0 Å². The first-order valence-corrected chi connectivity index (χ1v) is 7.23. The Morgan fingerprint density at radius 3 is 2.95 bits per heavy atom. The lowest BCUT2D eigenvalue weighted by Crippen LogP contribution is -2.53. The van der Waals surface area contributed by atoms with Gasteiger partial charge in [-0.3, -0.25) is 0 Å². The van der Waals surface area contributed by atoms with Crippen molar-refractivity contribution in [3.05, 3.63) is 29.3 Å². The average molecular weight is 261 g/mol. The fourth-order valence-electron chi connectivity index (χ4n) is 3.16. The lowest BCUT2D eigenvalue weighted by molar-refractivity contribution is -0.0451. The highest BCUT2D eigenvalue weighted by atomic mass is 16.5. The van der Waals surface area contributed by atoms with Crippen LogP contribution < -0.4 is 10.1 Å². The third-order valence-electron chi connectivity index (χ3n) is 4.44. The van der Waals surface area contributed by atoms with Gasteiger partial charge in [-0.25, -0.2) is 0 Å². The third kappa shape index (κ3) is 2.37. The highest BCUT2D eigenvalue weighted by molar-refractivity contribution is 5.40. The molecule has 1 saturated heterocycles. The van der Waals surface area contributed by atoms with Gasteiger partial charge in [-0.15, -0.1) is 0 Å². The molecule has 104 valence electrons. The van der Waals surface area contributed by atoms with Gasteiger partial charge in [0.25, 0.3) is 0 Å². The summed E-state index contributed by atoms with van der Waals surface area (Å²) in [6.45, 7) is 5.30. The van der Waals surface area contributed by atoms with Crippen LogP contribution in [0.15, 0.2) is 18.2 Å². The van der Waals surface area contributed by atoms with E-state index in [2.05, 4.69) is 31.3 Å². The van der Waals surface area contributed by atoms with Crippen molar-refractivity contribution in [2.75, 3.05) is 13.7 Å². The maximum Gasteiger partial charge on any atom is 0.119 e. The SMILES string of the molecule is COc1ccc2c(c1)C1OCC(C(C)C)NC1CC2. The number of morpholine rings is 1. The zero-order chi connectivity index (χ0) is 13.4. The summed E-state index contributed by atoms with van der Waals surface area (Å²) in [7, 11) is 1.72. The van der Waals surface area contributed by atoms with Crippen LogP contribution >= 0.6 is 0 Å². The molecular weight excluding hydrogens is 238 g/mol. The fourth-order valence-corrected chi connectivity index (χ4v) is 3.16. The van der Waals surface area contributed by atoms with Gasteiger partial charge in [0.15, 0.2) is 0 Å². The molecule has 3 atom stereocenters. The summed E-state index contributed by atoms with van der Waals surface area (Å²) in [5.41, 5.74) is 2.72. The van der Waals surface area contributed by atoms with Crippen LogP contribution in [0.4, 0.5) is 0 Å². The Kier molecular flexibility index (Phi) is 3.50. The summed E-state index contributed by atoms with van der Waals surface area (Å²) in [6, 6.07) is 7.30. The maximum absolute atomic E-state index is 6.16. The van der Waals surface area contributed by atoms with Gasteiger partial charge in [0.05, 0.1) is 19.8 Å². The van der Waals surface area contributed by atoms with Crippen LogP contribution in [-0.4, -0.2) is 25.8 Å². The van der Waals surface area contributed by atoms with Gasteiger partial charge in [-0.05, 0) is 42.0 Å². The Bertz CT molecular complexity index is 458. The molecule has 0 amide bonds. The van der Waals surface area contributed by atoms with Crippen LogP contribution in [-0.2, 0) is 11.2 Å². The fraction of sp³-hybridized carbons (Fsp3) is 0.625. The van der Waals surface area contributed by atoms with Crippen LogP contribution in [0.2, 0.25) is 0 Å². The number of hydrogen-bond donors (Lipinski definition) is 1. The van der Waals surface area contributed by atoms with Crippen LogP contribution in [0.5, 0.6) is 5.75 Å². The number of benzene rings is 1. The number of hydrogen-bond acceptors (Lipinski definition) is 3. The van der Waals surface area contributed by atoms with Crippen molar-refractivity contribution in [3.8, 4) is 5.75 Å². The van der Waals surface area contributed by atoms with E-state index in [0.717, 1.165) is 25.2 Å². The van der Waals surface area contributed by atoms with E-state index in [4.69, 9.17) is 9.47 Å². The van der Waals surface area contributed by atoms with Crippen molar-refractivity contribution < 1.29 is 9.47 Å². The molecule has 1 aliphatic heterocycles. The van der Waals surface area contributed by atoms with E-state index in [-0.39, 0.29) is 6.10 Å². The number of rotatable bonds is 2. The lowest BCUT2D eigenvalue weighted by Gasteiger charge is -2.42. The first-order chi connectivity index (χ1) is 9.19. The molecule has 1 aromatic rings. The first-order valence-electron chi connectivity index (χ1n) is 7.23. The molecule has 19 heavy (non-hydrogen) atoms. The molecule has 1 heterocycles. The molecule has 3 heteroatoms. The Hall–Kier alpha value is -1.06. The summed E-state index contributed by atoms with van der Waals surface area (Å²) in [6.07, 6.45) is 2.48. The second-order valence-electron chi connectivity index (χ2n) is 5.98. The third-order valence-corrected chi connectivity index (χ3v) is 4.44. The Morgan fingerprint density at radius 1 is 1.37 bits per heavy atom. The monoisotopic (exact) mass is 261 g/mol. The Balaban J connectivity index is 1.85. The smallest absolute Gasteiger partial charge is 0.119 e. The van der Waals surface area contributed by atoms with Gasteiger partial charge >= 0.3 is 0 Å². The van der Waals surface area contributed by atoms with Gasteiger partial charge in [0.1, 0.15) is 5.75 Å². The Labute approximate surface area is 115 Å². The minimum absolute atomic E-state index is 0.189. The molecule has 0 radical (unpaired) electrons. The number of fused-ring (bicyclic) bond motifs is 3. The van der Waals surface area contributed by atoms with Gasteiger partial charge in [0, 0.05) is 12.1 Å². The van der Waals surface area contributed by atoms with Crippen molar-refractivity contribution in [1.29, 1.82) is 0 Å². The first kappa shape index (κ1) is 12.9. The molecule has 3 rings (SSSR count). The molecule has 3 nitrogen and oxygen atoms in total. The zero-order valence-corrected chi connectivity index (χ0v) is 12.0. The summed E-state index contributed by atoms with van der Waals surface area (Å²) in [4.78, 5) is 0. The largest absolute Gasteiger partial charge is 0.497 e. The second-order valence-corrected chi connectivity index (χ2v) is 5.98. The minimum atomic E-state index is 0.189. The number of aryl methyl sites for hydroxylation is 1. The van der Waals surface area contributed by atoms with Crippen molar-refractivity contribution in [3.63, 3.8) is 0 Å². The van der Waals surface area contributed by atoms with E-state index < -0.39 is 0 Å². The molecule has 0 aromatic heterocycles. The summed E-state index contributed by atoms with van der Waals surface area (Å²) in [5, 5.41) is 3.77. The number of ether oxygens (including phenoxy) is 2. The quantitative estimate of drug-likeness (QED) is 0.888. The van der Waals surface area contributed by atoms with Crippen molar-refractivity contribution >= 4 is 0 Å². The minimum Gasteiger partial charge on any atom is -0.497 e. The predicted molar refractivity (Wildman–Crippen MR) is 75.6 cm³/mol. The topological polar surface area (TPSA) is 30.5 Å². The molecule has 3 unspecified atom stereocenters. The summed E-state index contributed by atoms with van der Waals surface area (Å²) < 4.78 is 11.5. The number of methoxy groups -OCH3 is 1. The molecule has 0 saturated carbocycles. The predicted octanol–water partition coefficient (Wildman–Crippen LogP) is 2.70. The van der Waals surface area contributed by atoms with Crippen LogP contribution in [0.3, 0.4) is 0 Å². The van der Waals surface area contributed by atoms with E-state index >= 15 is 0 Å². The number of nitrogens with one attached hydrogen (secondary N) is 1. The second kappa shape index (κ2) is 5.14. The highest BCUT2D eigenvalue weighted by Gasteiger charge is 2.36. The lowest BCUT2D eigenvalue weighted by atomic mass is 9.83. The Morgan fingerprint density at radius 2 is 2.21 bits per heavy atom. The van der Waals surface area contributed by atoms with Crippen LogP contribution in [0, 0.1) is 5.92 Å². The molecular formula is C16H23NO2. The van der Waals surface area contributed by atoms with Crippen molar-refractivity contribution in [2.45, 2.75) is 44.9 Å². The van der Waals surface area contributed by atoms with E-state index in [1.165, 1.54) is 11.1 Å². The standard InChI is InChI=1S/C16H23NO2/c1-10(2)15-9-19-16-13-8-12(18-3)6-4-11(13)5-7-14(16)17-15/h4,6,8,10,14-17H,5,7,9H2,1-3H3. The van der Waals surface area contributed by atoms with Crippen LogP contribution in [0.25, 0.3) is 0 Å². The summed E-state index contributed by atoms with van der Waals surface area (Å²) >= 11 is 0.